The highest BCUT2D eigenvalue weighted by molar-refractivity contribution is 7.84. The monoisotopic (exact) mass is 307 g/mol. The van der Waals surface area contributed by atoms with Gasteiger partial charge >= 0.3 is 0 Å². The second-order valence-corrected chi connectivity index (χ2v) is 6.65. The second kappa shape index (κ2) is 8.60. The highest BCUT2D eigenvalue weighted by atomic mass is 32.2. The Kier molecular flexibility index (Phi) is 7.13. The van der Waals surface area contributed by atoms with E-state index >= 15 is 0 Å². The van der Waals surface area contributed by atoms with E-state index in [9.17, 15) is 9.00 Å². The maximum absolute atomic E-state index is 12.0. The molecule has 0 heterocycles. The first-order valence-electron chi connectivity index (χ1n) is 6.76. The lowest BCUT2D eigenvalue weighted by atomic mass is 10.0. The fourth-order valence-electron chi connectivity index (χ4n) is 1.69. The third-order valence-corrected chi connectivity index (χ3v) is 4.57. The number of hydrogen-bond donors (Lipinski definition) is 2. The Morgan fingerprint density at radius 3 is 2.81 bits per heavy atom. The molecule has 4 nitrogen and oxygen atoms in total. The van der Waals surface area contributed by atoms with Crippen LogP contribution in [-0.4, -0.2) is 39.9 Å². The summed E-state index contributed by atoms with van der Waals surface area (Å²) in [5, 5.41) is 11.6. The van der Waals surface area contributed by atoms with E-state index in [1.54, 1.807) is 18.4 Å². The highest BCUT2D eigenvalue weighted by Gasteiger charge is 2.09. The molecule has 0 aliphatic carbocycles. The van der Waals surface area contributed by atoms with Crippen molar-refractivity contribution >= 4 is 16.7 Å². The molecule has 0 aliphatic heterocycles. The van der Waals surface area contributed by atoms with Crippen molar-refractivity contribution in [3.05, 3.63) is 34.9 Å². The number of carbonyl (C=O) groups is 1. The summed E-state index contributed by atoms with van der Waals surface area (Å²) in [5.41, 5.74) is 2.23. The fraction of sp³-hybridized carbons (Fsp3) is 0.438. The summed E-state index contributed by atoms with van der Waals surface area (Å²) in [7, 11) is -0.873. The third-order valence-electron chi connectivity index (χ3n) is 3.20. The van der Waals surface area contributed by atoms with Crippen LogP contribution in [0.3, 0.4) is 0 Å². The maximum Gasteiger partial charge on any atom is 0.251 e. The van der Waals surface area contributed by atoms with Crippen LogP contribution in [0.4, 0.5) is 0 Å². The largest absolute Gasteiger partial charge is 0.384 e. The van der Waals surface area contributed by atoms with Crippen molar-refractivity contribution in [2.24, 2.45) is 0 Å². The van der Waals surface area contributed by atoms with Crippen molar-refractivity contribution in [3.8, 4) is 11.8 Å². The predicted molar refractivity (Wildman–Crippen MR) is 85.6 cm³/mol. The molecule has 0 radical (unpaired) electrons. The van der Waals surface area contributed by atoms with Crippen LogP contribution in [0.5, 0.6) is 0 Å². The average molecular weight is 307 g/mol. The van der Waals surface area contributed by atoms with Crippen LogP contribution in [0.1, 0.15) is 34.8 Å². The first-order chi connectivity index (χ1) is 9.95. The molecule has 0 aromatic heterocycles. The molecule has 114 valence electrons. The molecule has 1 aromatic carbocycles. The zero-order valence-electron chi connectivity index (χ0n) is 12.6. The van der Waals surface area contributed by atoms with E-state index in [1.807, 2.05) is 19.9 Å². The topological polar surface area (TPSA) is 66.4 Å². The summed E-state index contributed by atoms with van der Waals surface area (Å²) in [6.07, 6.45) is 2.34. The van der Waals surface area contributed by atoms with Gasteiger partial charge in [0.25, 0.3) is 5.91 Å². The lowest BCUT2D eigenvalue weighted by Crippen LogP contribution is -2.27. The van der Waals surface area contributed by atoms with Gasteiger partial charge in [-0.3, -0.25) is 9.00 Å². The number of aliphatic hydroxyl groups is 1. The van der Waals surface area contributed by atoms with Crippen molar-refractivity contribution < 1.29 is 14.1 Å². The van der Waals surface area contributed by atoms with E-state index in [4.69, 9.17) is 5.11 Å². The molecule has 21 heavy (non-hydrogen) atoms. The molecule has 2 N–H and O–H groups in total. The van der Waals surface area contributed by atoms with Gasteiger partial charge in [0, 0.05) is 40.0 Å². The molecule has 0 fully saturated rings. The summed E-state index contributed by atoms with van der Waals surface area (Å²) < 4.78 is 11.2. The Morgan fingerprint density at radius 1 is 1.48 bits per heavy atom. The number of benzene rings is 1. The maximum atomic E-state index is 12.0. The normalized spacial score (nSPS) is 13.0. The van der Waals surface area contributed by atoms with E-state index in [-0.39, 0.29) is 17.8 Å². The number of aliphatic hydroxyl groups excluding tert-OH is 1. The molecule has 0 bridgehead atoms. The van der Waals surface area contributed by atoms with Crippen molar-refractivity contribution in [1.29, 1.82) is 0 Å². The summed E-state index contributed by atoms with van der Waals surface area (Å²) in [6, 6.07) is 5.30. The van der Waals surface area contributed by atoms with Crippen LogP contribution < -0.4 is 5.32 Å². The van der Waals surface area contributed by atoms with Crippen LogP contribution >= 0.6 is 0 Å². The Bertz CT molecular complexity index is 587. The Labute approximate surface area is 128 Å². The van der Waals surface area contributed by atoms with Gasteiger partial charge in [0.2, 0.25) is 0 Å². The van der Waals surface area contributed by atoms with Gasteiger partial charge in [0.05, 0.1) is 0 Å². The van der Waals surface area contributed by atoms with Crippen LogP contribution in [0.25, 0.3) is 0 Å². The Morgan fingerprint density at radius 2 is 2.19 bits per heavy atom. The molecule has 0 spiro atoms. The Hall–Kier alpha value is -1.64. The molecular formula is C16H21NO3S. The van der Waals surface area contributed by atoms with Crippen molar-refractivity contribution in [1.82, 2.24) is 5.32 Å². The molecule has 0 aliphatic rings. The van der Waals surface area contributed by atoms with Crippen molar-refractivity contribution in [2.45, 2.75) is 25.5 Å². The zero-order valence-corrected chi connectivity index (χ0v) is 13.4. The van der Waals surface area contributed by atoms with E-state index in [0.717, 1.165) is 11.1 Å². The van der Waals surface area contributed by atoms with Crippen LogP contribution in [0.2, 0.25) is 0 Å². The summed E-state index contributed by atoms with van der Waals surface area (Å²) in [6.45, 7) is 4.09. The second-order valence-electron chi connectivity index (χ2n) is 4.84. The molecule has 2 atom stereocenters. The van der Waals surface area contributed by atoms with Gasteiger partial charge in [-0.2, -0.15) is 0 Å². The number of nitrogens with one attached hydrogen (secondary N) is 1. The molecular weight excluding hydrogens is 286 g/mol. The predicted octanol–water partition coefficient (Wildman–Crippen LogP) is 1.23. The third kappa shape index (κ3) is 5.70. The molecule has 1 aromatic rings. The quantitative estimate of drug-likeness (QED) is 0.804. The molecule has 5 heteroatoms. The van der Waals surface area contributed by atoms with Crippen LogP contribution in [0.15, 0.2) is 18.2 Å². The smallest absolute Gasteiger partial charge is 0.251 e. The van der Waals surface area contributed by atoms with E-state index < -0.39 is 10.8 Å². The lowest BCUT2D eigenvalue weighted by Gasteiger charge is -2.10. The zero-order chi connectivity index (χ0) is 15.8. The Balaban J connectivity index is 2.68. The van der Waals surface area contributed by atoms with Crippen LogP contribution in [-0.2, 0) is 10.8 Å². The first-order valence-corrected chi connectivity index (χ1v) is 8.38. The molecule has 1 rings (SSSR count). The van der Waals surface area contributed by atoms with Crippen molar-refractivity contribution in [3.63, 3.8) is 0 Å². The minimum absolute atomic E-state index is 0.0642. The van der Waals surface area contributed by atoms with Gasteiger partial charge in [-0.1, -0.05) is 24.8 Å². The SMILES string of the molecule is Cc1ccc(C(=O)NCCC(C)S(C)=O)cc1C#CCO. The van der Waals surface area contributed by atoms with E-state index in [1.165, 1.54) is 0 Å². The van der Waals surface area contributed by atoms with Gasteiger partial charge in [0.1, 0.15) is 6.61 Å². The molecule has 0 saturated carbocycles. The minimum Gasteiger partial charge on any atom is -0.384 e. The summed E-state index contributed by atoms with van der Waals surface area (Å²) >= 11 is 0. The number of carbonyl (C=O) groups excluding carboxylic acids is 1. The number of rotatable bonds is 5. The standard InChI is InChI=1S/C16H21NO3S/c1-12-6-7-15(11-14(12)5-4-10-18)16(19)17-9-8-13(2)21(3)20/h6-7,11,13,18H,8-10H2,1-3H3,(H,17,19). The average Bonchev–Trinajstić information content (AvgIpc) is 2.45. The summed E-state index contributed by atoms with van der Waals surface area (Å²) in [5.74, 6) is 5.24. The highest BCUT2D eigenvalue weighted by Crippen LogP contribution is 2.10. The summed E-state index contributed by atoms with van der Waals surface area (Å²) in [4.78, 5) is 12.0. The molecule has 0 saturated heterocycles. The molecule has 1 amide bonds. The lowest BCUT2D eigenvalue weighted by molar-refractivity contribution is 0.0953. The molecule has 2 unspecified atom stereocenters. The number of amides is 1. The number of hydrogen-bond acceptors (Lipinski definition) is 3. The van der Waals surface area contributed by atoms with E-state index in [2.05, 4.69) is 17.2 Å². The fourth-order valence-corrected chi connectivity index (χ4v) is 2.14. The van der Waals surface area contributed by atoms with Gasteiger partial charge in [-0.05, 0) is 31.0 Å². The number of aryl methyl sites for hydroxylation is 1. The van der Waals surface area contributed by atoms with E-state index in [0.29, 0.717) is 18.5 Å². The van der Waals surface area contributed by atoms with Gasteiger partial charge in [-0.15, -0.1) is 0 Å². The first kappa shape index (κ1) is 17.4. The van der Waals surface area contributed by atoms with Gasteiger partial charge < -0.3 is 10.4 Å². The van der Waals surface area contributed by atoms with Gasteiger partial charge in [0.15, 0.2) is 0 Å². The minimum atomic E-state index is -0.873. The van der Waals surface area contributed by atoms with Gasteiger partial charge in [-0.25, -0.2) is 0 Å². The van der Waals surface area contributed by atoms with Crippen molar-refractivity contribution in [2.75, 3.05) is 19.4 Å². The van der Waals surface area contributed by atoms with Crippen LogP contribution in [0, 0.1) is 18.8 Å².